The molecule has 2 N–H and O–H groups in total. The summed E-state index contributed by atoms with van der Waals surface area (Å²) in [5, 5.41) is 0. The lowest BCUT2D eigenvalue weighted by Crippen LogP contribution is -2.43. The summed E-state index contributed by atoms with van der Waals surface area (Å²) in [6, 6.07) is 0. The van der Waals surface area contributed by atoms with Crippen LogP contribution in [0.2, 0.25) is 0 Å². The van der Waals surface area contributed by atoms with Crippen molar-refractivity contribution in [3.8, 4) is 0 Å². The molecule has 1 atom stereocenters. The van der Waals surface area contributed by atoms with Crippen molar-refractivity contribution < 1.29 is 0 Å². The standard InChI is InChI=1S/C40H84N2/c1-4-7-9-11-13-15-17-19-21-23-25-27-29-31-33-35-38-42(40(41)37-6-3)39-36-34-32-30-28-26-24-22-20-18-16-14-12-10-8-5-2/h40H,4-39,41H2,1-3H3. The second kappa shape index (κ2) is 37.1. The molecule has 0 fully saturated rings. The zero-order chi connectivity index (χ0) is 30.6. The van der Waals surface area contributed by atoms with Crippen molar-refractivity contribution in [3.05, 3.63) is 0 Å². The van der Waals surface area contributed by atoms with Gasteiger partial charge in [0.25, 0.3) is 0 Å². The van der Waals surface area contributed by atoms with Crippen LogP contribution in [0.15, 0.2) is 0 Å². The third kappa shape index (κ3) is 32.8. The first-order chi connectivity index (χ1) is 20.8. The fourth-order valence-corrected chi connectivity index (χ4v) is 6.65. The maximum atomic E-state index is 6.59. The van der Waals surface area contributed by atoms with E-state index in [2.05, 4.69) is 25.7 Å². The van der Waals surface area contributed by atoms with E-state index in [1.807, 2.05) is 0 Å². The van der Waals surface area contributed by atoms with Crippen LogP contribution in [0.4, 0.5) is 0 Å². The molecule has 0 aliphatic carbocycles. The predicted octanol–water partition coefficient (Wildman–Crippen LogP) is 13.9. The van der Waals surface area contributed by atoms with E-state index in [0.29, 0.717) is 0 Å². The molecule has 0 spiro atoms. The van der Waals surface area contributed by atoms with Gasteiger partial charge in [0.15, 0.2) is 0 Å². The zero-order valence-electron chi connectivity index (χ0n) is 30.1. The van der Waals surface area contributed by atoms with Crippen molar-refractivity contribution in [1.82, 2.24) is 4.90 Å². The molecule has 2 heteroatoms. The molecule has 254 valence electrons. The van der Waals surface area contributed by atoms with Gasteiger partial charge in [0.05, 0.1) is 6.17 Å². The summed E-state index contributed by atoms with van der Waals surface area (Å²) in [5.74, 6) is 0. The Morgan fingerprint density at radius 2 is 0.524 bits per heavy atom. The van der Waals surface area contributed by atoms with E-state index in [4.69, 9.17) is 5.73 Å². The first-order valence-corrected chi connectivity index (χ1v) is 20.3. The Hall–Kier alpha value is -0.0800. The van der Waals surface area contributed by atoms with Gasteiger partial charge in [0.1, 0.15) is 0 Å². The highest BCUT2D eigenvalue weighted by molar-refractivity contribution is 4.66. The van der Waals surface area contributed by atoms with E-state index in [0.717, 1.165) is 6.42 Å². The molecule has 0 heterocycles. The molecule has 1 unspecified atom stereocenters. The minimum Gasteiger partial charge on any atom is -0.316 e. The lowest BCUT2D eigenvalue weighted by molar-refractivity contribution is 0.181. The number of rotatable bonds is 37. The zero-order valence-corrected chi connectivity index (χ0v) is 30.1. The van der Waals surface area contributed by atoms with Crippen molar-refractivity contribution in [2.24, 2.45) is 5.73 Å². The Labute approximate surface area is 268 Å². The topological polar surface area (TPSA) is 29.3 Å². The highest BCUT2D eigenvalue weighted by atomic mass is 15.2. The summed E-state index contributed by atoms with van der Waals surface area (Å²) < 4.78 is 0. The van der Waals surface area contributed by atoms with Crippen LogP contribution in [0.25, 0.3) is 0 Å². The summed E-state index contributed by atoms with van der Waals surface area (Å²) in [4.78, 5) is 2.62. The maximum absolute atomic E-state index is 6.59. The molecule has 0 amide bonds. The second-order valence-corrected chi connectivity index (χ2v) is 14.0. The van der Waals surface area contributed by atoms with Gasteiger partial charge in [0, 0.05) is 0 Å². The number of unbranched alkanes of at least 4 members (excludes halogenated alkanes) is 30. The molecule has 42 heavy (non-hydrogen) atoms. The van der Waals surface area contributed by atoms with Crippen LogP contribution in [0, 0.1) is 0 Å². The van der Waals surface area contributed by atoms with Gasteiger partial charge in [-0.15, -0.1) is 0 Å². The quantitative estimate of drug-likeness (QED) is 0.0574. The maximum Gasteiger partial charge on any atom is 0.0571 e. The van der Waals surface area contributed by atoms with Crippen LogP contribution in [0.5, 0.6) is 0 Å². The van der Waals surface area contributed by atoms with Crippen molar-refractivity contribution in [2.45, 2.75) is 245 Å². The highest BCUT2D eigenvalue weighted by Crippen LogP contribution is 2.16. The number of nitrogens with two attached hydrogens (primary N) is 1. The van der Waals surface area contributed by atoms with Gasteiger partial charge in [-0.25, -0.2) is 0 Å². The molecular formula is C40H84N2. The van der Waals surface area contributed by atoms with Crippen LogP contribution >= 0.6 is 0 Å². The Bertz CT molecular complexity index is 429. The average molecular weight is 593 g/mol. The van der Waals surface area contributed by atoms with Crippen LogP contribution in [0.1, 0.15) is 239 Å². The van der Waals surface area contributed by atoms with E-state index >= 15 is 0 Å². The van der Waals surface area contributed by atoms with E-state index in [-0.39, 0.29) is 6.17 Å². The molecule has 0 saturated heterocycles. The van der Waals surface area contributed by atoms with Crippen LogP contribution < -0.4 is 5.73 Å². The second-order valence-electron chi connectivity index (χ2n) is 14.0. The predicted molar refractivity (Wildman–Crippen MR) is 194 cm³/mol. The Morgan fingerprint density at radius 3 is 0.738 bits per heavy atom. The van der Waals surface area contributed by atoms with Gasteiger partial charge in [-0.05, 0) is 32.4 Å². The first kappa shape index (κ1) is 41.9. The fraction of sp³-hybridized carbons (Fsp3) is 1.00. The number of hydrogen-bond donors (Lipinski definition) is 1. The van der Waals surface area contributed by atoms with Crippen LogP contribution in [0.3, 0.4) is 0 Å². The van der Waals surface area contributed by atoms with Crippen LogP contribution in [-0.2, 0) is 0 Å². The Morgan fingerprint density at radius 1 is 0.310 bits per heavy atom. The van der Waals surface area contributed by atoms with E-state index < -0.39 is 0 Å². The van der Waals surface area contributed by atoms with Gasteiger partial charge < -0.3 is 5.73 Å². The molecule has 0 aromatic carbocycles. The number of hydrogen-bond acceptors (Lipinski definition) is 2. The molecule has 0 radical (unpaired) electrons. The first-order valence-electron chi connectivity index (χ1n) is 20.3. The summed E-state index contributed by atoms with van der Waals surface area (Å²) >= 11 is 0. The van der Waals surface area contributed by atoms with Crippen molar-refractivity contribution in [1.29, 1.82) is 0 Å². The van der Waals surface area contributed by atoms with Gasteiger partial charge in [-0.3, -0.25) is 4.90 Å². The lowest BCUT2D eigenvalue weighted by Gasteiger charge is -2.29. The monoisotopic (exact) mass is 593 g/mol. The SMILES string of the molecule is CCCCCCCCCCCCCCCCCCN(CCCCCCCCCCCCCCCCCC)C(N)CCC. The van der Waals surface area contributed by atoms with Crippen molar-refractivity contribution >= 4 is 0 Å². The molecule has 0 aromatic heterocycles. The molecule has 0 rings (SSSR count). The smallest absolute Gasteiger partial charge is 0.0571 e. The molecule has 0 aliphatic rings. The Kier molecular flexibility index (Phi) is 37.0. The van der Waals surface area contributed by atoms with Crippen molar-refractivity contribution in [3.63, 3.8) is 0 Å². The summed E-state index contributed by atoms with van der Waals surface area (Å²) in [6.45, 7) is 9.33. The molecule has 0 bridgehead atoms. The summed E-state index contributed by atoms with van der Waals surface area (Å²) in [5.41, 5.74) is 6.59. The fourth-order valence-electron chi connectivity index (χ4n) is 6.65. The van der Waals surface area contributed by atoms with Gasteiger partial charge >= 0.3 is 0 Å². The lowest BCUT2D eigenvalue weighted by atomic mass is 10.0. The highest BCUT2D eigenvalue weighted by Gasteiger charge is 2.12. The minimum atomic E-state index is 0.280. The largest absolute Gasteiger partial charge is 0.316 e. The summed E-state index contributed by atoms with van der Waals surface area (Å²) in [7, 11) is 0. The Balaban J connectivity index is 3.57. The third-order valence-corrected chi connectivity index (χ3v) is 9.65. The molecule has 0 aliphatic heterocycles. The molecular weight excluding hydrogens is 508 g/mol. The molecule has 0 saturated carbocycles. The third-order valence-electron chi connectivity index (χ3n) is 9.65. The van der Waals surface area contributed by atoms with Gasteiger partial charge in [-0.1, -0.05) is 220 Å². The molecule has 0 aromatic rings. The van der Waals surface area contributed by atoms with Crippen LogP contribution in [-0.4, -0.2) is 24.2 Å². The molecule has 2 nitrogen and oxygen atoms in total. The average Bonchev–Trinajstić information content (AvgIpc) is 2.99. The number of nitrogens with zero attached hydrogens (tertiary/aromatic N) is 1. The van der Waals surface area contributed by atoms with E-state index in [1.54, 1.807) is 0 Å². The van der Waals surface area contributed by atoms with Gasteiger partial charge in [-0.2, -0.15) is 0 Å². The van der Waals surface area contributed by atoms with E-state index in [9.17, 15) is 0 Å². The van der Waals surface area contributed by atoms with Crippen molar-refractivity contribution in [2.75, 3.05) is 13.1 Å². The van der Waals surface area contributed by atoms with Gasteiger partial charge in [0.2, 0.25) is 0 Å². The summed E-state index contributed by atoms with van der Waals surface area (Å²) in [6.07, 6.45) is 48.8. The van der Waals surface area contributed by atoms with E-state index in [1.165, 1.54) is 225 Å². The normalized spacial score (nSPS) is 12.5. The minimum absolute atomic E-state index is 0.280.